The van der Waals surface area contributed by atoms with Crippen LogP contribution in [-0.2, 0) is 22.3 Å². The lowest BCUT2D eigenvalue weighted by atomic mass is 10.0. The summed E-state index contributed by atoms with van der Waals surface area (Å²) < 4.78 is 50.8. The molecule has 0 aliphatic carbocycles. The molecule has 1 atom stereocenters. The van der Waals surface area contributed by atoms with Crippen LogP contribution in [-0.4, -0.2) is 35.6 Å². The van der Waals surface area contributed by atoms with E-state index in [-0.39, 0.29) is 22.9 Å². The molecule has 0 saturated carbocycles. The van der Waals surface area contributed by atoms with Crippen molar-refractivity contribution in [1.29, 1.82) is 0 Å². The zero-order valence-electron chi connectivity index (χ0n) is 15.0. The number of hydrogen-bond donors (Lipinski definition) is 0. The molecule has 1 saturated heterocycles. The van der Waals surface area contributed by atoms with Crippen molar-refractivity contribution in [2.45, 2.75) is 25.2 Å². The normalized spacial score (nSPS) is 16.3. The van der Waals surface area contributed by atoms with E-state index in [9.17, 15) is 18.0 Å². The lowest BCUT2D eigenvalue weighted by molar-refractivity contribution is -0.148. The topological polar surface area (TPSA) is 38.8 Å². The Labute approximate surface area is 165 Å². The van der Waals surface area contributed by atoms with Gasteiger partial charge in [0.2, 0.25) is 0 Å². The van der Waals surface area contributed by atoms with Gasteiger partial charge in [-0.25, -0.2) is 4.79 Å². The van der Waals surface area contributed by atoms with Gasteiger partial charge < -0.3 is 14.4 Å². The Morgan fingerprint density at radius 1 is 1.21 bits per heavy atom. The summed E-state index contributed by atoms with van der Waals surface area (Å²) in [4.78, 5) is 13.5. The number of hydrogen-bond acceptors (Lipinski definition) is 4. The Bertz CT molecular complexity index is 871. The van der Waals surface area contributed by atoms with E-state index in [0.29, 0.717) is 13.0 Å². The standard InChI is InChI=1S/C20H18F3NO3S/c1-26-19(25)16-9-10-24(16)18(28)14-7-8-17(15(11-14)20(21,22)23)27-12-13-5-3-2-4-6-13/h2-8,11,16H,9-10,12H2,1H3/t16-/m1/s1. The van der Waals surface area contributed by atoms with E-state index in [4.69, 9.17) is 21.7 Å². The SMILES string of the molecule is COC(=O)[C@H]1CCN1C(=S)c1ccc(OCc2ccccc2)c(C(F)(F)F)c1. The molecular weight excluding hydrogens is 391 g/mol. The molecule has 8 heteroatoms. The van der Waals surface area contributed by atoms with E-state index in [1.165, 1.54) is 19.2 Å². The molecular formula is C20H18F3NO3S. The third-order valence-electron chi connectivity index (χ3n) is 4.52. The molecule has 0 spiro atoms. The van der Waals surface area contributed by atoms with Gasteiger partial charge >= 0.3 is 12.1 Å². The lowest BCUT2D eigenvalue weighted by Crippen LogP contribution is -2.55. The summed E-state index contributed by atoms with van der Waals surface area (Å²) in [6, 6.07) is 12.1. The van der Waals surface area contributed by atoms with Crippen molar-refractivity contribution in [2.75, 3.05) is 13.7 Å². The Morgan fingerprint density at radius 3 is 2.50 bits per heavy atom. The summed E-state index contributed by atoms with van der Waals surface area (Å²) in [5, 5.41) is 0. The fourth-order valence-electron chi connectivity index (χ4n) is 2.92. The smallest absolute Gasteiger partial charge is 0.419 e. The summed E-state index contributed by atoms with van der Waals surface area (Å²) in [6.45, 7) is 0.510. The zero-order valence-corrected chi connectivity index (χ0v) is 15.8. The van der Waals surface area contributed by atoms with Gasteiger partial charge in [-0.3, -0.25) is 0 Å². The minimum absolute atomic E-state index is 0.0181. The second kappa shape index (κ2) is 8.18. The number of thiocarbonyl (C=S) groups is 1. The van der Waals surface area contributed by atoms with Gasteiger partial charge in [-0.15, -0.1) is 0 Å². The maximum absolute atomic E-state index is 13.6. The fourth-order valence-corrected chi connectivity index (χ4v) is 3.27. The number of esters is 1. The molecule has 1 aliphatic rings. The number of carbonyl (C=O) groups excluding carboxylic acids is 1. The molecule has 0 bridgehead atoms. The molecule has 2 aromatic carbocycles. The number of benzene rings is 2. The van der Waals surface area contributed by atoms with Gasteiger partial charge in [-0.05, 0) is 30.2 Å². The first-order chi connectivity index (χ1) is 13.3. The number of halogens is 3. The van der Waals surface area contributed by atoms with Crippen LogP contribution in [0.1, 0.15) is 23.1 Å². The van der Waals surface area contributed by atoms with Crippen LogP contribution in [0.4, 0.5) is 13.2 Å². The molecule has 0 amide bonds. The van der Waals surface area contributed by atoms with Crippen molar-refractivity contribution in [3.63, 3.8) is 0 Å². The van der Waals surface area contributed by atoms with E-state index in [0.717, 1.165) is 11.6 Å². The predicted octanol–water partition coefficient (Wildman–Crippen LogP) is 4.21. The van der Waals surface area contributed by atoms with Crippen molar-refractivity contribution in [1.82, 2.24) is 4.90 Å². The largest absolute Gasteiger partial charge is 0.488 e. The van der Waals surface area contributed by atoms with E-state index in [2.05, 4.69) is 0 Å². The van der Waals surface area contributed by atoms with Gasteiger partial charge in [0.15, 0.2) is 0 Å². The van der Waals surface area contributed by atoms with Crippen LogP contribution in [0.15, 0.2) is 48.5 Å². The van der Waals surface area contributed by atoms with Crippen LogP contribution in [0.25, 0.3) is 0 Å². The van der Waals surface area contributed by atoms with Gasteiger partial charge in [0.05, 0.1) is 12.7 Å². The Balaban J connectivity index is 1.82. The van der Waals surface area contributed by atoms with Gasteiger partial charge in [-0.2, -0.15) is 13.2 Å². The number of rotatable bonds is 5. The molecule has 4 nitrogen and oxygen atoms in total. The minimum atomic E-state index is -4.60. The second-order valence-electron chi connectivity index (χ2n) is 6.31. The Kier molecular flexibility index (Phi) is 5.88. The molecule has 3 rings (SSSR count). The van der Waals surface area contributed by atoms with Crippen LogP contribution in [0.5, 0.6) is 5.75 Å². The summed E-state index contributed by atoms with van der Waals surface area (Å²) in [6.07, 6.45) is -4.05. The van der Waals surface area contributed by atoms with E-state index < -0.39 is 23.8 Å². The van der Waals surface area contributed by atoms with Crippen LogP contribution < -0.4 is 4.74 Å². The van der Waals surface area contributed by atoms with Crippen LogP contribution in [0.3, 0.4) is 0 Å². The highest BCUT2D eigenvalue weighted by Gasteiger charge is 2.39. The van der Waals surface area contributed by atoms with E-state index >= 15 is 0 Å². The number of carbonyl (C=O) groups is 1. The summed E-state index contributed by atoms with van der Waals surface area (Å²) in [7, 11) is 1.27. The van der Waals surface area contributed by atoms with Crippen LogP contribution >= 0.6 is 12.2 Å². The van der Waals surface area contributed by atoms with Crippen molar-refractivity contribution in [2.24, 2.45) is 0 Å². The highest BCUT2D eigenvalue weighted by molar-refractivity contribution is 7.80. The van der Waals surface area contributed by atoms with Crippen molar-refractivity contribution in [3.8, 4) is 5.75 Å². The van der Waals surface area contributed by atoms with Crippen LogP contribution in [0.2, 0.25) is 0 Å². The number of likely N-dealkylation sites (tertiary alicyclic amines) is 1. The molecule has 148 valence electrons. The third-order valence-corrected chi connectivity index (χ3v) is 4.99. The van der Waals surface area contributed by atoms with Gasteiger partial charge in [0.25, 0.3) is 0 Å². The summed E-state index contributed by atoms with van der Waals surface area (Å²) >= 11 is 5.31. The first kappa shape index (κ1) is 20.1. The quantitative estimate of drug-likeness (QED) is 0.547. The highest BCUT2D eigenvalue weighted by Crippen LogP contribution is 2.38. The van der Waals surface area contributed by atoms with Gasteiger partial charge in [-0.1, -0.05) is 42.5 Å². The zero-order chi connectivity index (χ0) is 20.3. The Morgan fingerprint density at radius 2 is 1.93 bits per heavy atom. The predicted molar refractivity (Wildman–Crippen MR) is 101 cm³/mol. The first-order valence-electron chi connectivity index (χ1n) is 8.58. The number of nitrogens with zero attached hydrogens (tertiary/aromatic N) is 1. The molecule has 1 aliphatic heterocycles. The summed E-state index contributed by atoms with van der Waals surface area (Å²) in [5.41, 5.74) is 0.0677. The van der Waals surface area contributed by atoms with Gasteiger partial charge in [0, 0.05) is 12.1 Å². The maximum atomic E-state index is 13.6. The van der Waals surface area contributed by atoms with E-state index in [1.807, 2.05) is 6.07 Å². The molecule has 0 unspecified atom stereocenters. The average molecular weight is 409 g/mol. The number of ether oxygens (including phenoxy) is 2. The second-order valence-corrected chi connectivity index (χ2v) is 6.70. The molecule has 0 radical (unpaired) electrons. The van der Waals surface area contributed by atoms with Crippen molar-refractivity contribution < 1.29 is 27.4 Å². The molecule has 1 heterocycles. The Hall–Kier alpha value is -2.61. The molecule has 1 fully saturated rings. The first-order valence-corrected chi connectivity index (χ1v) is 8.99. The molecule has 2 aromatic rings. The summed E-state index contributed by atoms with van der Waals surface area (Å²) in [5.74, 6) is -0.719. The molecule has 0 N–H and O–H groups in total. The highest BCUT2D eigenvalue weighted by atomic mass is 32.1. The third kappa shape index (κ3) is 4.27. The fraction of sp³-hybridized carbons (Fsp3) is 0.300. The van der Waals surface area contributed by atoms with E-state index in [1.54, 1.807) is 29.2 Å². The molecule has 28 heavy (non-hydrogen) atoms. The number of alkyl halides is 3. The van der Waals surface area contributed by atoms with Gasteiger partial charge in [0.1, 0.15) is 23.4 Å². The van der Waals surface area contributed by atoms with Crippen molar-refractivity contribution in [3.05, 3.63) is 65.2 Å². The maximum Gasteiger partial charge on any atom is 0.419 e. The average Bonchev–Trinajstić information content (AvgIpc) is 2.65. The number of methoxy groups -OCH3 is 1. The van der Waals surface area contributed by atoms with Crippen LogP contribution in [0, 0.1) is 0 Å². The lowest BCUT2D eigenvalue weighted by Gasteiger charge is -2.40. The monoisotopic (exact) mass is 409 g/mol. The minimum Gasteiger partial charge on any atom is -0.488 e. The molecule has 0 aromatic heterocycles. The van der Waals surface area contributed by atoms with Crippen molar-refractivity contribution >= 4 is 23.2 Å².